The maximum atomic E-state index is 12.1. The van der Waals surface area contributed by atoms with Crippen LogP contribution in [0.5, 0.6) is 5.75 Å². The number of rotatable bonds is 6. The summed E-state index contributed by atoms with van der Waals surface area (Å²) in [5.41, 5.74) is 10.3. The van der Waals surface area contributed by atoms with E-state index < -0.39 is 0 Å². The molecule has 0 atom stereocenters. The number of carbonyl (C=O) groups excluding carboxylic acids is 1. The van der Waals surface area contributed by atoms with Gasteiger partial charge >= 0.3 is 0 Å². The van der Waals surface area contributed by atoms with Crippen molar-refractivity contribution >= 4 is 23.4 Å². The Morgan fingerprint density at radius 2 is 2.04 bits per heavy atom. The molecule has 124 valence electrons. The molecule has 4 nitrogen and oxygen atoms in total. The van der Waals surface area contributed by atoms with Gasteiger partial charge in [0.2, 0.25) is 5.91 Å². The molecule has 0 saturated heterocycles. The van der Waals surface area contributed by atoms with Gasteiger partial charge in [0.05, 0.1) is 5.69 Å². The maximum Gasteiger partial charge on any atom is 0.248 e. The molecule has 0 aromatic heterocycles. The Morgan fingerprint density at radius 1 is 1.25 bits per heavy atom. The maximum absolute atomic E-state index is 12.1. The smallest absolute Gasteiger partial charge is 0.248 e. The Bertz CT molecular complexity index is 779. The van der Waals surface area contributed by atoms with E-state index in [1.54, 1.807) is 24.3 Å². The van der Waals surface area contributed by atoms with Crippen molar-refractivity contribution in [2.75, 3.05) is 17.7 Å². The number of carbonyl (C=O) groups is 1. The van der Waals surface area contributed by atoms with E-state index in [4.69, 9.17) is 10.5 Å². The molecule has 2 aromatic carbocycles. The number of anilines is 2. The molecule has 0 spiro atoms. The molecule has 0 fully saturated rings. The molecule has 0 saturated carbocycles. The zero-order valence-electron chi connectivity index (χ0n) is 14.0. The van der Waals surface area contributed by atoms with Crippen LogP contribution in [0.3, 0.4) is 0 Å². The van der Waals surface area contributed by atoms with Gasteiger partial charge < -0.3 is 15.8 Å². The van der Waals surface area contributed by atoms with Crippen LogP contribution in [0.1, 0.15) is 16.7 Å². The monoisotopic (exact) mass is 322 g/mol. The molecule has 0 radical (unpaired) electrons. The minimum absolute atomic E-state index is 0.187. The molecule has 0 aliphatic heterocycles. The molecular weight excluding hydrogens is 300 g/mol. The molecular formula is C20H22N2O2. The lowest BCUT2D eigenvalue weighted by Crippen LogP contribution is -2.09. The van der Waals surface area contributed by atoms with Gasteiger partial charge in [0.15, 0.2) is 0 Å². The first-order valence-electron chi connectivity index (χ1n) is 7.69. The van der Waals surface area contributed by atoms with Gasteiger partial charge in [0.1, 0.15) is 12.4 Å². The lowest BCUT2D eigenvalue weighted by Gasteiger charge is -2.08. The lowest BCUT2D eigenvalue weighted by atomic mass is 10.1. The summed E-state index contributed by atoms with van der Waals surface area (Å²) in [5.74, 6) is 0.416. The van der Waals surface area contributed by atoms with Gasteiger partial charge in [-0.25, -0.2) is 0 Å². The third-order valence-corrected chi connectivity index (χ3v) is 3.46. The summed E-state index contributed by atoms with van der Waals surface area (Å²) in [6, 6.07) is 11.3. The average Bonchev–Trinajstić information content (AvgIpc) is 2.55. The van der Waals surface area contributed by atoms with Gasteiger partial charge in [0.25, 0.3) is 0 Å². The minimum atomic E-state index is -0.187. The van der Waals surface area contributed by atoms with Crippen LogP contribution in [0.15, 0.2) is 55.1 Å². The Balaban J connectivity index is 2.03. The highest BCUT2D eigenvalue weighted by atomic mass is 16.5. The van der Waals surface area contributed by atoms with Crippen molar-refractivity contribution in [3.63, 3.8) is 0 Å². The number of nitrogen functional groups attached to an aromatic ring is 1. The fraction of sp³-hybridized carbons (Fsp3) is 0.150. The van der Waals surface area contributed by atoms with Crippen molar-refractivity contribution in [2.24, 2.45) is 0 Å². The Morgan fingerprint density at radius 3 is 2.71 bits per heavy atom. The SMILES string of the molecule is C=CCOc1ccc(/C=C\C(=O)Nc2ccc(C)cc2C)cc1N. The minimum Gasteiger partial charge on any atom is -0.487 e. The molecule has 0 unspecified atom stereocenters. The van der Waals surface area contributed by atoms with Gasteiger partial charge in [-0.1, -0.05) is 36.4 Å². The second-order valence-electron chi connectivity index (χ2n) is 5.54. The molecule has 0 aliphatic carbocycles. The fourth-order valence-electron chi connectivity index (χ4n) is 2.25. The zero-order chi connectivity index (χ0) is 17.5. The lowest BCUT2D eigenvalue weighted by molar-refractivity contribution is -0.111. The number of hydrogen-bond acceptors (Lipinski definition) is 3. The number of amides is 1. The largest absolute Gasteiger partial charge is 0.487 e. The zero-order valence-corrected chi connectivity index (χ0v) is 14.0. The van der Waals surface area contributed by atoms with Crippen LogP contribution in [-0.4, -0.2) is 12.5 Å². The van der Waals surface area contributed by atoms with Crippen LogP contribution in [-0.2, 0) is 4.79 Å². The Labute approximate surface area is 142 Å². The van der Waals surface area contributed by atoms with Crippen LogP contribution in [0.25, 0.3) is 6.08 Å². The van der Waals surface area contributed by atoms with Crippen molar-refractivity contribution in [1.29, 1.82) is 0 Å². The average molecular weight is 322 g/mol. The van der Waals surface area contributed by atoms with Gasteiger partial charge in [-0.05, 0) is 49.2 Å². The summed E-state index contributed by atoms with van der Waals surface area (Å²) in [4.78, 5) is 12.1. The Kier molecular flexibility index (Phi) is 5.79. The molecule has 0 heterocycles. The van der Waals surface area contributed by atoms with E-state index in [-0.39, 0.29) is 5.91 Å². The van der Waals surface area contributed by atoms with E-state index in [0.29, 0.717) is 18.0 Å². The summed E-state index contributed by atoms with van der Waals surface area (Å²) >= 11 is 0. The fourth-order valence-corrected chi connectivity index (χ4v) is 2.25. The predicted molar refractivity (Wildman–Crippen MR) is 100 cm³/mol. The van der Waals surface area contributed by atoms with E-state index in [2.05, 4.69) is 11.9 Å². The standard InChI is InChI=1S/C20H22N2O2/c1-4-11-24-19-9-6-16(13-17(19)21)7-10-20(23)22-18-8-5-14(2)12-15(18)3/h4-10,12-13H,1,11,21H2,2-3H3,(H,22,23)/b10-7-. The molecule has 4 heteroatoms. The predicted octanol–water partition coefficient (Wildman–Crippen LogP) is 4.10. The van der Waals surface area contributed by atoms with Crippen molar-refractivity contribution in [3.8, 4) is 5.75 Å². The normalized spacial score (nSPS) is 10.6. The van der Waals surface area contributed by atoms with Crippen LogP contribution in [0, 0.1) is 13.8 Å². The van der Waals surface area contributed by atoms with E-state index in [1.165, 1.54) is 6.08 Å². The summed E-state index contributed by atoms with van der Waals surface area (Å²) in [6.07, 6.45) is 4.86. The van der Waals surface area contributed by atoms with Crippen LogP contribution < -0.4 is 15.8 Å². The number of benzene rings is 2. The topological polar surface area (TPSA) is 64.3 Å². The van der Waals surface area contributed by atoms with Gasteiger partial charge in [-0.2, -0.15) is 0 Å². The first-order valence-corrected chi connectivity index (χ1v) is 7.69. The second kappa shape index (κ2) is 8.02. The molecule has 1 amide bonds. The number of nitrogens with two attached hydrogens (primary N) is 1. The third-order valence-electron chi connectivity index (χ3n) is 3.46. The van der Waals surface area contributed by atoms with Gasteiger partial charge in [0, 0.05) is 11.8 Å². The van der Waals surface area contributed by atoms with E-state index >= 15 is 0 Å². The summed E-state index contributed by atoms with van der Waals surface area (Å²) in [5, 5.41) is 2.87. The molecule has 2 aromatic rings. The van der Waals surface area contributed by atoms with E-state index in [0.717, 1.165) is 22.4 Å². The second-order valence-corrected chi connectivity index (χ2v) is 5.54. The number of ether oxygens (including phenoxy) is 1. The summed E-state index contributed by atoms with van der Waals surface area (Å²) < 4.78 is 5.42. The highest BCUT2D eigenvalue weighted by molar-refractivity contribution is 6.02. The molecule has 0 bridgehead atoms. The van der Waals surface area contributed by atoms with Crippen LogP contribution in [0.4, 0.5) is 11.4 Å². The van der Waals surface area contributed by atoms with Crippen molar-refractivity contribution in [1.82, 2.24) is 0 Å². The van der Waals surface area contributed by atoms with Crippen molar-refractivity contribution < 1.29 is 9.53 Å². The highest BCUT2D eigenvalue weighted by Crippen LogP contribution is 2.23. The van der Waals surface area contributed by atoms with E-state index in [9.17, 15) is 4.79 Å². The highest BCUT2D eigenvalue weighted by Gasteiger charge is 2.03. The van der Waals surface area contributed by atoms with Gasteiger partial charge in [-0.15, -0.1) is 0 Å². The molecule has 2 rings (SSSR count). The molecule has 24 heavy (non-hydrogen) atoms. The number of nitrogens with one attached hydrogen (secondary N) is 1. The van der Waals surface area contributed by atoms with Crippen molar-refractivity contribution in [3.05, 3.63) is 71.8 Å². The van der Waals surface area contributed by atoms with Crippen LogP contribution in [0.2, 0.25) is 0 Å². The van der Waals surface area contributed by atoms with Crippen molar-refractivity contribution in [2.45, 2.75) is 13.8 Å². The molecule has 0 aliphatic rings. The first kappa shape index (κ1) is 17.3. The quantitative estimate of drug-likeness (QED) is 0.478. The summed E-state index contributed by atoms with van der Waals surface area (Å²) in [7, 11) is 0. The number of hydrogen-bond donors (Lipinski definition) is 2. The Hall–Kier alpha value is -3.01. The van der Waals surface area contributed by atoms with Crippen LogP contribution >= 0.6 is 0 Å². The third kappa shape index (κ3) is 4.74. The number of aryl methyl sites for hydroxylation is 2. The molecule has 3 N–H and O–H groups in total. The van der Waals surface area contributed by atoms with E-state index in [1.807, 2.05) is 38.1 Å². The van der Waals surface area contributed by atoms with Gasteiger partial charge in [-0.3, -0.25) is 4.79 Å². The summed E-state index contributed by atoms with van der Waals surface area (Å²) in [6.45, 7) is 7.98. The first-order chi connectivity index (χ1) is 11.5.